The number of piperazine rings is 1. The van der Waals surface area contributed by atoms with Crippen LogP contribution in [0.25, 0.3) is 11.0 Å². The number of ether oxygens (including phenoxy) is 2. The number of anilines is 1. The molecule has 3 aromatic rings. The molecular formula is C29H39ClN6O5. The zero-order valence-electron chi connectivity index (χ0n) is 24.3. The third-order valence-electron chi connectivity index (χ3n) is 6.87. The molecule has 222 valence electrons. The number of hydrogen-bond donors (Lipinski definition) is 2. The van der Waals surface area contributed by atoms with E-state index in [1.165, 1.54) is 0 Å². The largest absolute Gasteiger partial charge is 0.474 e. The smallest absolute Gasteiger partial charge is 0.410 e. The normalized spacial score (nSPS) is 14.8. The van der Waals surface area contributed by atoms with Crippen molar-refractivity contribution in [2.24, 2.45) is 0 Å². The van der Waals surface area contributed by atoms with Crippen molar-refractivity contribution in [1.29, 1.82) is 0 Å². The fraction of sp³-hybridized carbons (Fsp3) is 0.517. The van der Waals surface area contributed by atoms with E-state index in [1.54, 1.807) is 23.2 Å². The van der Waals surface area contributed by atoms with E-state index >= 15 is 0 Å². The van der Waals surface area contributed by atoms with Gasteiger partial charge in [0.15, 0.2) is 5.65 Å². The van der Waals surface area contributed by atoms with Gasteiger partial charge < -0.3 is 29.3 Å². The predicted molar refractivity (Wildman–Crippen MR) is 158 cm³/mol. The predicted octanol–water partition coefficient (Wildman–Crippen LogP) is 4.06. The summed E-state index contributed by atoms with van der Waals surface area (Å²) >= 11 is 6.15. The average Bonchev–Trinajstić information content (AvgIpc) is 3.35. The van der Waals surface area contributed by atoms with Gasteiger partial charge in [0.05, 0.1) is 18.2 Å². The summed E-state index contributed by atoms with van der Waals surface area (Å²) in [7, 11) is 0. The summed E-state index contributed by atoms with van der Waals surface area (Å²) < 4.78 is 11.3. The van der Waals surface area contributed by atoms with Crippen molar-refractivity contribution in [3.05, 3.63) is 47.1 Å². The van der Waals surface area contributed by atoms with Gasteiger partial charge in [-0.25, -0.2) is 9.78 Å². The third-order valence-corrected chi connectivity index (χ3v) is 7.12. The quantitative estimate of drug-likeness (QED) is 0.385. The summed E-state index contributed by atoms with van der Waals surface area (Å²) in [6, 6.07) is 8.94. The molecule has 1 saturated heterocycles. The van der Waals surface area contributed by atoms with E-state index in [2.05, 4.69) is 20.1 Å². The Kier molecular flexibility index (Phi) is 9.60. The number of pyridine rings is 1. The number of hydrogen-bond acceptors (Lipinski definition) is 8. The summed E-state index contributed by atoms with van der Waals surface area (Å²) in [6.07, 6.45) is 1.25. The number of aromatic amines is 1. The average molecular weight is 587 g/mol. The number of aliphatic hydroxyl groups excluding tert-OH is 1. The van der Waals surface area contributed by atoms with Gasteiger partial charge in [-0.3, -0.25) is 9.89 Å². The van der Waals surface area contributed by atoms with Gasteiger partial charge in [0.25, 0.3) is 0 Å². The van der Waals surface area contributed by atoms with Crippen molar-refractivity contribution in [2.45, 2.75) is 52.2 Å². The number of aliphatic hydroxyl groups is 1. The summed E-state index contributed by atoms with van der Waals surface area (Å²) in [6.45, 7) is 11.6. The second-order valence-corrected chi connectivity index (χ2v) is 11.7. The fourth-order valence-electron chi connectivity index (χ4n) is 4.84. The molecule has 4 rings (SSSR count). The van der Waals surface area contributed by atoms with Gasteiger partial charge in [0.2, 0.25) is 11.8 Å². The molecule has 0 saturated carbocycles. The lowest BCUT2D eigenvalue weighted by Crippen LogP contribution is -2.52. The van der Waals surface area contributed by atoms with Gasteiger partial charge in [-0.2, -0.15) is 0 Å². The van der Waals surface area contributed by atoms with Crippen LogP contribution < -0.4 is 9.64 Å². The van der Waals surface area contributed by atoms with Crippen LogP contribution in [0, 0.1) is 0 Å². The molecule has 0 spiro atoms. The van der Waals surface area contributed by atoms with Crippen LogP contribution in [-0.4, -0.2) is 99.7 Å². The van der Waals surface area contributed by atoms with Crippen molar-refractivity contribution >= 4 is 40.3 Å². The van der Waals surface area contributed by atoms with E-state index < -0.39 is 17.6 Å². The summed E-state index contributed by atoms with van der Waals surface area (Å²) in [5.41, 5.74) is 1.62. The number of nitrogens with one attached hydrogen (secondary N) is 1. The van der Waals surface area contributed by atoms with E-state index in [0.29, 0.717) is 42.7 Å². The minimum Gasteiger partial charge on any atom is -0.474 e. The second kappa shape index (κ2) is 12.9. The van der Waals surface area contributed by atoms with Crippen molar-refractivity contribution in [1.82, 2.24) is 25.0 Å². The standard InChI is InChI=1S/C29H39ClN6O5/c1-19(2)36(28(39)41-29(3,4)5)18-22(20-6-8-21(30)9-7-20)27(38)35-14-12-34(13-15-35)23-10-11-31-25-24(23)26(33-32-25)40-17-16-37/h6-11,19,22,37H,12-18H2,1-5H3,(H,31,32,33). The molecule has 0 bridgehead atoms. The lowest BCUT2D eigenvalue weighted by atomic mass is 9.96. The molecule has 2 aromatic heterocycles. The van der Waals surface area contributed by atoms with E-state index in [-0.39, 0.29) is 31.7 Å². The van der Waals surface area contributed by atoms with Gasteiger partial charge in [0, 0.05) is 50.0 Å². The minimum absolute atomic E-state index is 0.0589. The Hall–Kier alpha value is -3.57. The number of nitrogens with zero attached hydrogens (tertiary/aromatic N) is 5. The number of aromatic nitrogens is 3. The van der Waals surface area contributed by atoms with Crippen molar-refractivity contribution in [3.8, 4) is 5.88 Å². The number of rotatable bonds is 9. The van der Waals surface area contributed by atoms with Crippen LogP contribution in [0.4, 0.5) is 10.5 Å². The van der Waals surface area contributed by atoms with Gasteiger partial charge in [-0.15, -0.1) is 5.10 Å². The molecule has 2 amide bonds. The van der Waals surface area contributed by atoms with Crippen LogP contribution in [0.3, 0.4) is 0 Å². The van der Waals surface area contributed by atoms with Gasteiger partial charge in [-0.05, 0) is 58.4 Å². The summed E-state index contributed by atoms with van der Waals surface area (Å²) in [5.74, 6) is -0.264. The molecule has 1 aliphatic rings. The van der Waals surface area contributed by atoms with Gasteiger partial charge in [0.1, 0.15) is 17.6 Å². The second-order valence-electron chi connectivity index (χ2n) is 11.3. The lowest BCUT2D eigenvalue weighted by Gasteiger charge is -2.39. The molecule has 1 aromatic carbocycles. The zero-order valence-corrected chi connectivity index (χ0v) is 25.0. The number of amides is 2. The molecule has 1 aliphatic heterocycles. The Morgan fingerprint density at radius 2 is 1.80 bits per heavy atom. The first-order chi connectivity index (χ1) is 19.5. The maximum absolute atomic E-state index is 14.1. The van der Waals surface area contributed by atoms with Crippen LogP contribution in [0.5, 0.6) is 5.88 Å². The highest BCUT2D eigenvalue weighted by atomic mass is 35.5. The molecular weight excluding hydrogens is 548 g/mol. The van der Waals surface area contributed by atoms with Crippen molar-refractivity contribution in [2.75, 3.05) is 50.8 Å². The number of carbonyl (C=O) groups is 2. The Labute approximate surface area is 245 Å². The molecule has 11 nitrogen and oxygen atoms in total. The molecule has 0 radical (unpaired) electrons. The zero-order chi connectivity index (χ0) is 29.7. The van der Waals surface area contributed by atoms with Crippen molar-refractivity contribution < 1.29 is 24.2 Å². The highest BCUT2D eigenvalue weighted by molar-refractivity contribution is 6.30. The molecule has 3 heterocycles. The Morgan fingerprint density at radius 3 is 2.41 bits per heavy atom. The van der Waals surface area contributed by atoms with Crippen LogP contribution in [0.2, 0.25) is 5.02 Å². The van der Waals surface area contributed by atoms with E-state index in [0.717, 1.165) is 16.6 Å². The van der Waals surface area contributed by atoms with Crippen LogP contribution in [0.1, 0.15) is 46.1 Å². The van der Waals surface area contributed by atoms with Crippen LogP contribution in [0.15, 0.2) is 36.5 Å². The molecule has 1 unspecified atom stereocenters. The number of H-pyrrole nitrogens is 1. The highest BCUT2D eigenvalue weighted by Gasteiger charge is 2.34. The highest BCUT2D eigenvalue weighted by Crippen LogP contribution is 2.33. The fourth-order valence-corrected chi connectivity index (χ4v) is 4.97. The first kappa shape index (κ1) is 30.4. The van der Waals surface area contributed by atoms with Gasteiger partial charge >= 0.3 is 6.09 Å². The Morgan fingerprint density at radius 1 is 1.12 bits per heavy atom. The number of fused-ring (bicyclic) bond motifs is 1. The van der Waals surface area contributed by atoms with E-state index in [1.807, 2.05) is 57.7 Å². The molecule has 1 atom stereocenters. The first-order valence-corrected chi connectivity index (χ1v) is 14.2. The maximum Gasteiger partial charge on any atom is 0.410 e. The molecule has 2 N–H and O–H groups in total. The van der Waals surface area contributed by atoms with Crippen LogP contribution >= 0.6 is 11.6 Å². The Bertz CT molecular complexity index is 1330. The Balaban J connectivity index is 1.54. The van der Waals surface area contributed by atoms with Gasteiger partial charge in [-0.1, -0.05) is 23.7 Å². The summed E-state index contributed by atoms with van der Waals surface area (Å²) in [4.78, 5) is 37.2. The molecule has 0 aliphatic carbocycles. The third kappa shape index (κ3) is 7.39. The van der Waals surface area contributed by atoms with Crippen molar-refractivity contribution in [3.63, 3.8) is 0 Å². The SMILES string of the molecule is CC(C)N(CC(C(=O)N1CCN(c2ccnc3[nH]nc(OCCO)c23)CC1)c1ccc(Cl)cc1)C(=O)OC(C)(C)C. The minimum atomic E-state index is -0.656. The maximum atomic E-state index is 14.1. The van der Waals surface area contributed by atoms with E-state index in [9.17, 15) is 14.7 Å². The number of halogens is 1. The molecule has 41 heavy (non-hydrogen) atoms. The monoisotopic (exact) mass is 586 g/mol. The number of benzene rings is 1. The van der Waals surface area contributed by atoms with E-state index in [4.69, 9.17) is 21.1 Å². The first-order valence-electron chi connectivity index (χ1n) is 13.8. The number of carbonyl (C=O) groups excluding carboxylic acids is 2. The molecule has 12 heteroatoms. The lowest BCUT2D eigenvalue weighted by molar-refractivity contribution is -0.133. The van der Waals surface area contributed by atoms with Crippen LogP contribution in [-0.2, 0) is 9.53 Å². The summed E-state index contributed by atoms with van der Waals surface area (Å²) in [5, 5.41) is 17.6. The molecule has 1 fully saturated rings. The topological polar surface area (TPSA) is 124 Å².